The van der Waals surface area contributed by atoms with E-state index in [9.17, 15) is 72.2 Å². The van der Waals surface area contributed by atoms with E-state index in [1.54, 1.807) is 22.3 Å². The van der Waals surface area contributed by atoms with Crippen LogP contribution in [0.25, 0.3) is 21.4 Å². The molecule has 0 aromatic carbocycles. The number of carbonyl (C=O) groups is 14. The summed E-state index contributed by atoms with van der Waals surface area (Å²) in [6.07, 6.45) is 17.1. The summed E-state index contributed by atoms with van der Waals surface area (Å²) in [7, 11) is 0. The van der Waals surface area contributed by atoms with Crippen LogP contribution in [0.1, 0.15) is 268 Å². The van der Waals surface area contributed by atoms with Gasteiger partial charge in [0.15, 0.2) is 28.7 Å². The predicted octanol–water partition coefficient (Wildman–Crippen LogP) is 2.01. The van der Waals surface area contributed by atoms with Crippen molar-refractivity contribution < 1.29 is 192 Å². The van der Waals surface area contributed by atoms with E-state index in [-0.39, 0.29) is 245 Å². The number of ketones is 5. The number of nitrogens with two attached hydrogens (primary N) is 2. The van der Waals surface area contributed by atoms with E-state index in [0.29, 0.717) is 99.6 Å². The number of Topliss-reactive ketones (excluding diaryl/α,β-unsaturated/α-hetero) is 5. The van der Waals surface area contributed by atoms with Crippen LogP contribution >= 0.6 is 45.3 Å². The molecule has 10 N–H and O–H groups in total. The van der Waals surface area contributed by atoms with Gasteiger partial charge >= 0.3 is 115 Å². The molecule has 6 heterocycles. The average Bonchev–Trinajstić information content (AvgIpc) is 1.55. The zero-order valence-electron chi connectivity index (χ0n) is 63.8. The zero-order valence-corrected chi connectivity index (χ0v) is 72.3. The molecule has 0 bridgehead atoms. The number of rotatable bonds is 49. The van der Waals surface area contributed by atoms with Crippen LogP contribution in [0.5, 0.6) is 0 Å². The third-order valence-corrected chi connectivity index (χ3v) is 22.0. The molecule has 4 atom stereocenters. The van der Waals surface area contributed by atoms with Gasteiger partial charge in [-0.1, -0.05) is 98.3 Å². The maximum Gasteiger partial charge on any atom is 1.00 e. The minimum Gasteiger partial charge on any atom is -1.00 e. The number of nitrogens with one attached hydrogen (secondary N) is 4. The molecule has 1 aliphatic heterocycles. The van der Waals surface area contributed by atoms with Crippen molar-refractivity contribution in [3.05, 3.63) is 76.2 Å². The monoisotopic (exact) mass is 1640 g/mol. The molecule has 2 saturated carbocycles. The van der Waals surface area contributed by atoms with Crippen LogP contribution in [0.15, 0.2) is 32.4 Å². The van der Waals surface area contributed by atoms with Crippen molar-refractivity contribution in [2.24, 2.45) is 23.3 Å². The molecule has 109 heavy (non-hydrogen) atoms. The quantitative estimate of drug-likeness (QED) is 0.00689. The predicted molar refractivity (Wildman–Crippen MR) is 397 cm³/mol. The molecule has 1 spiro atoms. The number of carboxylic acid groups (broad SMARTS) is 2. The third kappa shape index (κ3) is 32.0. The summed E-state index contributed by atoms with van der Waals surface area (Å²) >= 11 is 4.93. The molecule has 6 amide bonds. The van der Waals surface area contributed by atoms with Gasteiger partial charge in [0.25, 0.3) is 17.9 Å². The number of carboxylic acids is 2. The minimum absolute atomic E-state index is 0. The van der Waals surface area contributed by atoms with Crippen LogP contribution in [0.2, 0.25) is 0 Å². The Hall–Kier alpha value is -5.72. The van der Waals surface area contributed by atoms with E-state index in [2.05, 4.69) is 53.0 Å². The molecule has 36 heteroatoms. The van der Waals surface area contributed by atoms with Crippen molar-refractivity contribution in [1.29, 1.82) is 0 Å². The molecule has 2 fully saturated rings. The van der Waals surface area contributed by atoms with Crippen molar-refractivity contribution in [2.75, 3.05) is 0 Å². The Kier molecular flexibility index (Phi) is 42.4. The van der Waals surface area contributed by atoms with Crippen molar-refractivity contribution in [2.45, 2.75) is 256 Å². The number of aromatic nitrogens is 5. The summed E-state index contributed by atoms with van der Waals surface area (Å²) in [5.74, 6) is -7.27. The Morgan fingerprint density at radius 3 is 1.57 bits per heavy atom. The topological polar surface area (TPSA) is 485 Å². The molecule has 3 aliphatic rings. The largest absolute Gasteiger partial charge is 1.00 e. The molecule has 0 unspecified atom stereocenters. The van der Waals surface area contributed by atoms with Crippen LogP contribution in [-0.2, 0) is 82.6 Å². The third-order valence-electron chi connectivity index (χ3n) is 18.5. The number of pyridine rings is 1. The van der Waals surface area contributed by atoms with Crippen molar-refractivity contribution in [1.82, 2.24) is 45.8 Å². The molecule has 584 valence electrons. The van der Waals surface area contributed by atoms with Gasteiger partial charge in [-0.25, -0.2) is 29.5 Å². The van der Waals surface area contributed by atoms with E-state index in [0.717, 1.165) is 61.2 Å². The van der Waals surface area contributed by atoms with Crippen LogP contribution in [-0.4, -0.2) is 135 Å². The smallest absolute Gasteiger partial charge is 1.00 e. The van der Waals surface area contributed by atoms with Gasteiger partial charge in [0.2, 0.25) is 29.5 Å². The Morgan fingerprint density at radius 2 is 1.09 bits per heavy atom. The number of unbranched alkanes of at least 4 members (excludes halogenated alkanes) is 11. The Morgan fingerprint density at radius 1 is 0.615 bits per heavy atom. The van der Waals surface area contributed by atoms with Crippen molar-refractivity contribution in [3.63, 3.8) is 0 Å². The van der Waals surface area contributed by atoms with E-state index in [1.807, 2.05) is 13.8 Å². The second-order valence-electron chi connectivity index (χ2n) is 27.6. The number of fused-ring (bicyclic) bond motifs is 2. The summed E-state index contributed by atoms with van der Waals surface area (Å²) in [4.78, 5) is 203. The fourth-order valence-electron chi connectivity index (χ4n) is 12.3. The molecule has 5 aromatic rings. The number of carbonyl (C=O) groups excluding carboxylic acids is 12. The van der Waals surface area contributed by atoms with Crippen LogP contribution < -0.4 is 146 Å². The summed E-state index contributed by atoms with van der Waals surface area (Å²) < 4.78 is 1.55. The molecule has 0 saturated heterocycles. The maximum absolute atomic E-state index is 13.6. The van der Waals surface area contributed by atoms with Gasteiger partial charge in [-0.15, -0.1) is 45.3 Å². The Labute approximate surface area is 734 Å². The summed E-state index contributed by atoms with van der Waals surface area (Å²) in [6, 6.07) is -0.510. The summed E-state index contributed by atoms with van der Waals surface area (Å²) in [5.41, 5.74) is 11.4. The molecule has 8 rings (SSSR count). The first-order chi connectivity index (χ1) is 51.0. The van der Waals surface area contributed by atoms with Gasteiger partial charge in [0, 0.05) is 78.2 Å². The molecule has 5 aromatic heterocycles. The number of nitrogens with zero attached hydrogens (tertiary/aromatic N) is 5. The number of aromatic carboxylic acids is 2. The molecule has 30 nitrogen and oxygen atoms in total. The fraction of sp³-hybridized carbons (Fsp3) is 0.575. The van der Waals surface area contributed by atoms with Gasteiger partial charge < -0.3 is 59.1 Å². The van der Waals surface area contributed by atoms with Gasteiger partial charge in [0.05, 0.1) is 66.0 Å². The first kappa shape index (κ1) is 95.7. The molecular weight excluding hydrogens is 1540 g/mol. The molecule has 0 radical (unpaired) electrons. The molecule has 2 aliphatic carbocycles. The molecular formula is C73H97K2N11O19S4. The van der Waals surface area contributed by atoms with E-state index in [1.165, 1.54) is 84.4 Å². The van der Waals surface area contributed by atoms with E-state index in [4.69, 9.17) is 26.6 Å². The zero-order chi connectivity index (χ0) is 78.4. The SMILES string of the molecule is CCCCC(=O)N[C@H](CC(N)=O)C(=O)C[C@@H](C)CCc1c2c(cc(=O)n1Cc1nc(-c3nc(C(=O)O)cs3)cs1)C1(CC1)NC2=O.CCCCCCCCCCCCCC(=O)N[C@H](CC(N)=O)C(=O)C[C@@H](C)CCC(=O)CC(=O)NC1(C(=O)CC(=O)CCc2nc(-c3nc(C(=O)O)cs3)cs2)CC1.O=CO[O-].[H-].[K+].[K+]. The van der Waals surface area contributed by atoms with Gasteiger partial charge in [-0.2, -0.15) is 0 Å². The first-order valence-corrected chi connectivity index (χ1v) is 39.7. The number of thiazole rings is 4. The summed E-state index contributed by atoms with van der Waals surface area (Å²) in [5, 5.41) is 46.3. The number of hydrogen-bond acceptors (Lipinski definition) is 25. The second kappa shape index (κ2) is 48.4. The first-order valence-electron chi connectivity index (χ1n) is 36.2. The van der Waals surface area contributed by atoms with Crippen LogP contribution in [0, 0.1) is 11.8 Å². The van der Waals surface area contributed by atoms with Crippen molar-refractivity contribution >= 4 is 128 Å². The number of primary amides is 2. The van der Waals surface area contributed by atoms with Crippen LogP contribution in [0.3, 0.4) is 0 Å². The number of aryl methyl sites for hydroxylation is 1. The van der Waals surface area contributed by atoms with Crippen molar-refractivity contribution in [3.8, 4) is 21.4 Å². The average molecular weight is 1640 g/mol. The Bertz CT molecular complexity index is 4060. The fourth-order valence-corrected chi connectivity index (χ4v) is 15.5. The maximum atomic E-state index is 13.6. The van der Waals surface area contributed by atoms with E-state index >= 15 is 0 Å². The second-order valence-corrected chi connectivity index (χ2v) is 31.2. The normalized spacial score (nSPS) is 14.1. The number of hydrogen-bond donors (Lipinski definition) is 8. The standard InChI is InChI=1S/C41H59N5O9S2.C31H36N6O7S2.CH2O3.2K.H/c1-3-4-5-6-7-8-9-10-11-12-13-14-36(52)43-30(24-35(42)51)33(49)21-27(2)15-16-29(48)23-37(53)46-41(19-20-41)34(50)22-28(47)17-18-38-44-31(25-56-38)39-45-32(26-57-39)40(54)55;1-3-4-5-24(40)33-18(12-23(32)39)22(38)10-16(2)6-7-21-27-17(31(8-9-31)36-28(27)42)11-26(41)37(21)13-25-34-19(14-45-25)29-35-20(15-46-29)30(43)44;2-1-4-3;;;/h25-27,30H,3-24H2,1-2H3,(H2,42,51)(H,43,52)(H,46,53)(H,54,55);11,14-16,18H,3-10,12-13H2,1-2H3,(H2,32,39)(H,33,40)(H,36,42)(H,43,44);1,3H;;;/q;;;2*+1;-1/p-1/t27-,30+;16-,18+;;;;/m00..../s1. The van der Waals surface area contributed by atoms with Crippen LogP contribution in [0.4, 0.5) is 0 Å². The Balaban J connectivity index is 0.000000538. The van der Waals surface area contributed by atoms with Gasteiger partial charge in [0.1, 0.15) is 38.0 Å². The van der Waals surface area contributed by atoms with Gasteiger partial charge in [-0.3, -0.25) is 62.3 Å². The van der Waals surface area contributed by atoms with Gasteiger partial charge in [-0.05, 0) is 75.2 Å². The van der Waals surface area contributed by atoms with E-state index < -0.39 is 65.0 Å². The minimum atomic E-state index is -1.15. The number of amides is 6. The summed E-state index contributed by atoms with van der Waals surface area (Å²) in [6.45, 7) is 7.73.